The van der Waals surface area contributed by atoms with Gasteiger partial charge in [0.2, 0.25) is 0 Å². The van der Waals surface area contributed by atoms with Crippen LogP contribution in [0.1, 0.15) is 44.2 Å². The van der Waals surface area contributed by atoms with E-state index >= 15 is 0 Å². The fraction of sp³-hybridized carbons (Fsp3) is 0.350. The largest absolute Gasteiger partial charge is 0.497 e. The second-order valence-corrected chi connectivity index (χ2v) is 6.02. The molecule has 0 spiro atoms. The molecule has 0 bridgehead atoms. The van der Waals surface area contributed by atoms with E-state index in [1.807, 2.05) is 12.3 Å². The summed E-state index contributed by atoms with van der Waals surface area (Å²) in [6.07, 6.45) is 7.27. The van der Waals surface area contributed by atoms with Gasteiger partial charge in [-0.25, -0.2) is 4.98 Å². The first-order valence-corrected chi connectivity index (χ1v) is 8.32. The Balaban J connectivity index is 2.19. The smallest absolute Gasteiger partial charge is 0.137 e. The van der Waals surface area contributed by atoms with Gasteiger partial charge in [0.05, 0.1) is 7.11 Å². The van der Waals surface area contributed by atoms with Crippen molar-refractivity contribution in [1.29, 1.82) is 0 Å². The Morgan fingerprint density at radius 3 is 2.57 bits per heavy atom. The first-order chi connectivity index (χ1) is 11.2. The van der Waals surface area contributed by atoms with E-state index in [4.69, 9.17) is 4.74 Å². The SMILES string of the molecule is CCCC(CC)(c1ccc(OC)cc1)c1c[nH]c2ncccc12. The van der Waals surface area contributed by atoms with Crippen molar-refractivity contribution in [2.75, 3.05) is 7.11 Å². The number of aromatic nitrogens is 2. The maximum atomic E-state index is 5.32. The fourth-order valence-electron chi connectivity index (χ4n) is 3.69. The van der Waals surface area contributed by atoms with Crippen LogP contribution in [0.5, 0.6) is 5.75 Å². The Morgan fingerprint density at radius 2 is 1.91 bits per heavy atom. The first kappa shape index (κ1) is 15.6. The molecule has 120 valence electrons. The summed E-state index contributed by atoms with van der Waals surface area (Å²) in [5.74, 6) is 0.899. The molecule has 3 nitrogen and oxygen atoms in total. The zero-order valence-electron chi connectivity index (χ0n) is 14.1. The summed E-state index contributed by atoms with van der Waals surface area (Å²) in [7, 11) is 1.71. The van der Waals surface area contributed by atoms with Crippen molar-refractivity contribution >= 4 is 11.0 Å². The monoisotopic (exact) mass is 308 g/mol. The third-order valence-electron chi connectivity index (χ3n) is 4.89. The highest BCUT2D eigenvalue weighted by atomic mass is 16.5. The number of ether oxygens (including phenoxy) is 1. The Hall–Kier alpha value is -2.29. The maximum Gasteiger partial charge on any atom is 0.137 e. The van der Waals surface area contributed by atoms with Crippen molar-refractivity contribution in [2.24, 2.45) is 0 Å². The number of fused-ring (bicyclic) bond motifs is 1. The third kappa shape index (κ3) is 2.61. The van der Waals surface area contributed by atoms with Crippen LogP contribution in [0.3, 0.4) is 0 Å². The number of hydrogen-bond donors (Lipinski definition) is 1. The van der Waals surface area contributed by atoms with Gasteiger partial charge >= 0.3 is 0 Å². The number of aromatic amines is 1. The predicted molar refractivity (Wildman–Crippen MR) is 95.1 cm³/mol. The minimum atomic E-state index is 0.00229. The quantitative estimate of drug-likeness (QED) is 0.690. The van der Waals surface area contributed by atoms with Crippen LogP contribution >= 0.6 is 0 Å². The zero-order valence-corrected chi connectivity index (χ0v) is 14.1. The minimum absolute atomic E-state index is 0.00229. The highest BCUT2D eigenvalue weighted by Gasteiger charge is 2.34. The number of rotatable bonds is 6. The summed E-state index contributed by atoms with van der Waals surface area (Å²) in [5.41, 5.74) is 3.65. The molecule has 0 saturated heterocycles. The summed E-state index contributed by atoms with van der Waals surface area (Å²) < 4.78 is 5.32. The Morgan fingerprint density at radius 1 is 1.13 bits per heavy atom. The number of benzene rings is 1. The number of pyridine rings is 1. The molecule has 0 fully saturated rings. The lowest BCUT2D eigenvalue weighted by Gasteiger charge is -2.33. The molecule has 0 aliphatic carbocycles. The van der Waals surface area contributed by atoms with Gasteiger partial charge in [-0.05, 0) is 48.2 Å². The highest BCUT2D eigenvalue weighted by Crippen LogP contribution is 2.43. The summed E-state index contributed by atoms with van der Waals surface area (Å²) in [6.45, 7) is 4.52. The van der Waals surface area contributed by atoms with Gasteiger partial charge in [0, 0.05) is 23.2 Å². The van der Waals surface area contributed by atoms with Crippen LogP contribution in [0.4, 0.5) is 0 Å². The van der Waals surface area contributed by atoms with E-state index < -0.39 is 0 Å². The van der Waals surface area contributed by atoms with E-state index in [-0.39, 0.29) is 5.41 Å². The highest BCUT2D eigenvalue weighted by molar-refractivity contribution is 5.81. The van der Waals surface area contributed by atoms with Gasteiger partial charge < -0.3 is 9.72 Å². The maximum absolute atomic E-state index is 5.32. The molecule has 0 amide bonds. The number of nitrogens with one attached hydrogen (secondary N) is 1. The van der Waals surface area contributed by atoms with Crippen molar-refractivity contribution in [2.45, 2.75) is 38.5 Å². The van der Waals surface area contributed by atoms with E-state index in [0.717, 1.165) is 30.7 Å². The van der Waals surface area contributed by atoms with Gasteiger partial charge in [0.15, 0.2) is 0 Å². The standard InChI is InChI=1S/C20H24N2O/c1-4-12-20(5-2,15-8-10-16(23-3)11-9-15)18-14-22-19-17(18)7-6-13-21-19/h6-11,13-14H,4-5,12H2,1-3H3,(H,21,22). The van der Waals surface area contributed by atoms with Crippen LogP contribution in [0.2, 0.25) is 0 Å². The lowest BCUT2D eigenvalue weighted by molar-refractivity contribution is 0.412. The number of nitrogens with zero attached hydrogens (tertiary/aromatic N) is 1. The Labute approximate surface area is 137 Å². The molecule has 2 heterocycles. The van der Waals surface area contributed by atoms with Gasteiger partial charge in [-0.1, -0.05) is 32.4 Å². The van der Waals surface area contributed by atoms with Crippen molar-refractivity contribution in [3.05, 3.63) is 59.9 Å². The number of methoxy groups -OCH3 is 1. The predicted octanol–water partition coefficient (Wildman–Crippen LogP) is 5.07. The lowest BCUT2D eigenvalue weighted by atomic mass is 9.69. The van der Waals surface area contributed by atoms with Crippen LogP contribution in [-0.4, -0.2) is 17.1 Å². The lowest BCUT2D eigenvalue weighted by Crippen LogP contribution is -2.26. The minimum Gasteiger partial charge on any atom is -0.497 e. The third-order valence-corrected chi connectivity index (χ3v) is 4.89. The van der Waals surface area contributed by atoms with Gasteiger partial charge in [-0.2, -0.15) is 0 Å². The molecular weight excluding hydrogens is 284 g/mol. The molecule has 3 aromatic rings. The zero-order chi connectivity index (χ0) is 16.3. The van der Waals surface area contributed by atoms with Crippen molar-refractivity contribution in [1.82, 2.24) is 9.97 Å². The number of hydrogen-bond acceptors (Lipinski definition) is 2. The molecule has 3 rings (SSSR count). The number of H-pyrrole nitrogens is 1. The van der Waals surface area contributed by atoms with Gasteiger partial charge in [-0.3, -0.25) is 0 Å². The van der Waals surface area contributed by atoms with Crippen LogP contribution in [-0.2, 0) is 5.41 Å². The fourth-order valence-corrected chi connectivity index (χ4v) is 3.69. The van der Waals surface area contributed by atoms with Crippen molar-refractivity contribution in [3.63, 3.8) is 0 Å². The van der Waals surface area contributed by atoms with E-state index in [1.54, 1.807) is 7.11 Å². The molecule has 3 heteroatoms. The molecule has 1 unspecified atom stereocenters. The summed E-state index contributed by atoms with van der Waals surface area (Å²) in [4.78, 5) is 7.80. The van der Waals surface area contributed by atoms with Gasteiger partial charge in [-0.15, -0.1) is 0 Å². The van der Waals surface area contributed by atoms with Crippen molar-refractivity contribution in [3.8, 4) is 5.75 Å². The molecule has 0 aliphatic rings. The summed E-state index contributed by atoms with van der Waals surface area (Å²) in [5, 5.41) is 1.22. The first-order valence-electron chi connectivity index (χ1n) is 8.32. The molecule has 1 atom stereocenters. The Kier molecular flexibility index (Phi) is 4.37. The van der Waals surface area contributed by atoms with E-state index in [0.29, 0.717) is 0 Å². The van der Waals surface area contributed by atoms with Gasteiger partial charge in [0.1, 0.15) is 11.4 Å². The van der Waals surface area contributed by atoms with Crippen molar-refractivity contribution < 1.29 is 4.74 Å². The molecule has 0 saturated carbocycles. The average molecular weight is 308 g/mol. The molecule has 1 aromatic carbocycles. The molecule has 0 radical (unpaired) electrons. The van der Waals surface area contributed by atoms with Gasteiger partial charge in [0.25, 0.3) is 0 Å². The van der Waals surface area contributed by atoms with E-state index in [1.165, 1.54) is 16.5 Å². The summed E-state index contributed by atoms with van der Waals surface area (Å²) in [6, 6.07) is 12.7. The van der Waals surface area contributed by atoms with Crippen LogP contribution in [0, 0.1) is 0 Å². The average Bonchev–Trinajstić information content (AvgIpc) is 3.04. The second-order valence-electron chi connectivity index (χ2n) is 6.02. The van der Waals surface area contributed by atoms with Crippen LogP contribution in [0.15, 0.2) is 48.8 Å². The molecule has 23 heavy (non-hydrogen) atoms. The summed E-state index contributed by atoms with van der Waals surface area (Å²) >= 11 is 0. The molecule has 0 aliphatic heterocycles. The second kappa shape index (κ2) is 6.45. The molecule has 2 aromatic heterocycles. The normalized spacial score (nSPS) is 13.9. The Bertz CT molecular complexity index is 776. The van der Waals surface area contributed by atoms with Crippen LogP contribution in [0.25, 0.3) is 11.0 Å². The van der Waals surface area contributed by atoms with Crippen LogP contribution < -0.4 is 4.74 Å². The molecular formula is C20H24N2O. The molecule has 1 N–H and O–H groups in total. The van der Waals surface area contributed by atoms with E-state index in [2.05, 4.69) is 60.3 Å². The topological polar surface area (TPSA) is 37.9 Å². The van der Waals surface area contributed by atoms with E-state index in [9.17, 15) is 0 Å².